The van der Waals surface area contributed by atoms with E-state index < -0.39 is 0 Å². The molecule has 0 aromatic heterocycles. The number of rotatable bonds is 8. The Hall–Kier alpha value is 0. The van der Waals surface area contributed by atoms with Crippen LogP contribution in [0, 0.1) is 17.8 Å². The first-order valence-corrected chi connectivity index (χ1v) is 6.57. The van der Waals surface area contributed by atoms with Crippen LogP contribution >= 0.6 is 0 Å². The molecule has 2 unspecified atom stereocenters. The van der Waals surface area contributed by atoms with Crippen LogP contribution in [0.25, 0.3) is 0 Å². The van der Waals surface area contributed by atoms with Crippen molar-refractivity contribution in [3.05, 3.63) is 0 Å². The molecule has 0 aliphatic carbocycles. The lowest BCUT2D eigenvalue weighted by atomic mass is 9.85. The smallest absolute Gasteiger partial charge is 0.0415 e. The lowest BCUT2D eigenvalue weighted by Gasteiger charge is -2.21. The van der Waals surface area contributed by atoms with Gasteiger partial charge >= 0.3 is 0 Å². The van der Waals surface area contributed by atoms with Crippen molar-refractivity contribution in [1.29, 1.82) is 0 Å². The van der Waals surface area contributed by atoms with Gasteiger partial charge in [-0.15, -0.1) is 0 Å². The van der Waals surface area contributed by atoms with E-state index >= 15 is 0 Å². The predicted molar refractivity (Wildman–Crippen MR) is 66.5 cm³/mol. The lowest BCUT2D eigenvalue weighted by Crippen LogP contribution is -2.10. The molecule has 0 aliphatic heterocycles. The monoisotopic (exact) mass is 198 g/mol. The van der Waals surface area contributed by atoms with Crippen LogP contribution in [0.3, 0.4) is 0 Å². The van der Waals surface area contributed by atoms with Gasteiger partial charge in [0.25, 0.3) is 0 Å². The van der Waals surface area contributed by atoms with Crippen LogP contribution in [0.2, 0.25) is 0 Å². The van der Waals surface area contributed by atoms with Gasteiger partial charge in [0.05, 0.1) is 0 Å². The summed E-state index contributed by atoms with van der Waals surface area (Å²) in [5, 5.41) is 0. The van der Waals surface area contributed by atoms with Gasteiger partial charge in [-0.2, -0.15) is 0 Å². The zero-order valence-electron chi connectivity index (χ0n) is 11.0. The fourth-order valence-corrected chi connectivity index (χ4v) is 2.15. The normalized spacial score (nSPS) is 15.9. The summed E-state index contributed by atoms with van der Waals surface area (Å²) < 4.78 is 0. The molecule has 86 valence electrons. The summed E-state index contributed by atoms with van der Waals surface area (Å²) in [6.45, 7) is 11.8. The van der Waals surface area contributed by atoms with Gasteiger partial charge < -0.3 is 0 Å². The van der Waals surface area contributed by atoms with Crippen LogP contribution in [0.15, 0.2) is 0 Å². The molecule has 0 rings (SSSR count). The van der Waals surface area contributed by atoms with Gasteiger partial charge in [-0.1, -0.05) is 66.7 Å². The van der Waals surface area contributed by atoms with E-state index in [9.17, 15) is 0 Å². The van der Waals surface area contributed by atoms with Gasteiger partial charge in [0.2, 0.25) is 0 Å². The Labute approximate surface area is 91.5 Å². The van der Waals surface area contributed by atoms with E-state index in [0.29, 0.717) is 0 Å². The number of unbranched alkanes of at least 4 members (excludes halogenated alkanes) is 3. The van der Waals surface area contributed by atoms with Crippen LogP contribution in [0.4, 0.5) is 0 Å². The first kappa shape index (κ1) is 14.0. The minimum absolute atomic E-state index is 0.864. The lowest BCUT2D eigenvalue weighted by molar-refractivity contribution is 0.301. The first-order valence-electron chi connectivity index (χ1n) is 6.57. The second kappa shape index (κ2) is 8.32. The molecule has 0 saturated heterocycles. The Bertz CT molecular complexity index is 115. The molecule has 0 amide bonds. The minimum Gasteiger partial charge on any atom is -0.0654 e. The Morgan fingerprint density at radius 3 is 1.93 bits per heavy atom. The zero-order valence-corrected chi connectivity index (χ0v) is 11.0. The van der Waals surface area contributed by atoms with Gasteiger partial charge in [-0.25, -0.2) is 0 Å². The summed E-state index contributed by atoms with van der Waals surface area (Å²) in [5.41, 5.74) is 0. The summed E-state index contributed by atoms with van der Waals surface area (Å²) in [6.07, 6.45) is 8.50. The van der Waals surface area contributed by atoms with Crippen LogP contribution in [-0.2, 0) is 0 Å². The van der Waals surface area contributed by atoms with Gasteiger partial charge in [0, 0.05) is 0 Å². The molecule has 0 nitrogen and oxygen atoms in total. The zero-order chi connectivity index (χ0) is 11.0. The summed E-state index contributed by atoms with van der Waals surface area (Å²) in [6, 6.07) is 0. The molecule has 0 heteroatoms. The Morgan fingerprint density at radius 1 is 0.786 bits per heavy atom. The van der Waals surface area contributed by atoms with Crippen LogP contribution in [-0.4, -0.2) is 0 Å². The molecule has 14 heavy (non-hydrogen) atoms. The standard InChI is InChI=1S/C14H30/c1-6-7-8-9-10-13(4)14(5)11-12(2)3/h12-14H,6-11H2,1-5H3. The molecule has 0 saturated carbocycles. The summed E-state index contributed by atoms with van der Waals surface area (Å²) >= 11 is 0. The highest BCUT2D eigenvalue weighted by Gasteiger charge is 2.12. The molecule has 0 aromatic carbocycles. The van der Waals surface area contributed by atoms with Crippen molar-refractivity contribution >= 4 is 0 Å². The summed E-state index contributed by atoms with van der Waals surface area (Å²) in [7, 11) is 0. The summed E-state index contributed by atoms with van der Waals surface area (Å²) in [5.74, 6) is 2.70. The highest BCUT2D eigenvalue weighted by atomic mass is 14.2. The van der Waals surface area contributed by atoms with E-state index in [2.05, 4.69) is 34.6 Å². The van der Waals surface area contributed by atoms with Crippen molar-refractivity contribution < 1.29 is 0 Å². The van der Waals surface area contributed by atoms with Crippen molar-refractivity contribution in [2.24, 2.45) is 17.8 Å². The predicted octanol–water partition coefficient (Wildman–Crippen LogP) is 5.28. The van der Waals surface area contributed by atoms with E-state index in [-0.39, 0.29) is 0 Å². The molecule has 0 N–H and O–H groups in total. The highest BCUT2D eigenvalue weighted by molar-refractivity contribution is 4.64. The van der Waals surface area contributed by atoms with Crippen molar-refractivity contribution in [3.63, 3.8) is 0 Å². The van der Waals surface area contributed by atoms with E-state index in [4.69, 9.17) is 0 Å². The molecule has 2 atom stereocenters. The van der Waals surface area contributed by atoms with Gasteiger partial charge in [0.1, 0.15) is 0 Å². The molecule has 0 fully saturated rings. The maximum atomic E-state index is 2.43. The first-order chi connectivity index (χ1) is 6.57. The highest BCUT2D eigenvalue weighted by Crippen LogP contribution is 2.24. The van der Waals surface area contributed by atoms with Crippen molar-refractivity contribution in [2.75, 3.05) is 0 Å². The number of hydrogen-bond donors (Lipinski definition) is 0. The quantitative estimate of drug-likeness (QED) is 0.466. The fraction of sp³-hybridized carbons (Fsp3) is 1.00. The maximum Gasteiger partial charge on any atom is -0.0415 e. The second-order valence-corrected chi connectivity index (χ2v) is 5.43. The molecule has 0 aromatic rings. The third-order valence-corrected chi connectivity index (χ3v) is 3.33. The van der Waals surface area contributed by atoms with Gasteiger partial charge in [0.15, 0.2) is 0 Å². The molecular weight excluding hydrogens is 168 g/mol. The molecule has 0 radical (unpaired) electrons. The minimum atomic E-state index is 0.864. The summed E-state index contributed by atoms with van der Waals surface area (Å²) in [4.78, 5) is 0. The maximum absolute atomic E-state index is 2.43. The molecule has 0 bridgehead atoms. The van der Waals surface area contributed by atoms with E-state index in [1.807, 2.05) is 0 Å². The SMILES string of the molecule is CCCCCCC(C)C(C)CC(C)C. The van der Waals surface area contributed by atoms with Crippen molar-refractivity contribution in [3.8, 4) is 0 Å². The Balaban J connectivity index is 3.46. The van der Waals surface area contributed by atoms with Gasteiger partial charge in [-0.3, -0.25) is 0 Å². The molecule has 0 spiro atoms. The van der Waals surface area contributed by atoms with Crippen molar-refractivity contribution in [2.45, 2.75) is 73.1 Å². The largest absolute Gasteiger partial charge is 0.0654 e. The van der Waals surface area contributed by atoms with Crippen LogP contribution < -0.4 is 0 Å². The molecular formula is C14H30. The molecule has 0 heterocycles. The average molecular weight is 198 g/mol. The van der Waals surface area contributed by atoms with Gasteiger partial charge in [-0.05, 0) is 24.2 Å². The Morgan fingerprint density at radius 2 is 1.43 bits per heavy atom. The third kappa shape index (κ3) is 7.41. The Kier molecular flexibility index (Phi) is 8.32. The van der Waals surface area contributed by atoms with Crippen LogP contribution in [0.1, 0.15) is 73.1 Å². The average Bonchev–Trinajstić information content (AvgIpc) is 2.11. The van der Waals surface area contributed by atoms with E-state index in [1.54, 1.807) is 0 Å². The second-order valence-electron chi connectivity index (χ2n) is 5.43. The van der Waals surface area contributed by atoms with E-state index in [0.717, 1.165) is 17.8 Å². The van der Waals surface area contributed by atoms with Crippen molar-refractivity contribution in [1.82, 2.24) is 0 Å². The van der Waals surface area contributed by atoms with E-state index in [1.165, 1.54) is 38.5 Å². The number of hydrogen-bond acceptors (Lipinski definition) is 0. The third-order valence-electron chi connectivity index (χ3n) is 3.33. The fourth-order valence-electron chi connectivity index (χ4n) is 2.15. The molecule has 0 aliphatic rings. The van der Waals surface area contributed by atoms with Crippen LogP contribution in [0.5, 0.6) is 0 Å². The topological polar surface area (TPSA) is 0 Å².